The second-order valence-corrected chi connectivity index (χ2v) is 10.8. The lowest BCUT2D eigenvalue weighted by molar-refractivity contribution is 0.185. The third-order valence-electron chi connectivity index (χ3n) is 6.52. The molecule has 1 unspecified atom stereocenters. The van der Waals surface area contributed by atoms with E-state index in [2.05, 4.69) is 4.72 Å². The highest BCUT2D eigenvalue weighted by Crippen LogP contribution is 2.41. The maximum Gasteiger partial charge on any atom is 0.339 e. The van der Waals surface area contributed by atoms with Gasteiger partial charge in [-0.05, 0) is 55.0 Å². The van der Waals surface area contributed by atoms with Crippen LogP contribution in [0.1, 0.15) is 29.8 Å². The lowest BCUT2D eigenvalue weighted by Gasteiger charge is -2.28. The Morgan fingerprint density at radius 3 is 2.45 bits per heavy atom. The lowest BCUT2D eigenvalue weighted by atomic mass is 9.97. The van der Waals surface area contributed by atoms with Crippen molar-refractivity contribution in [1.82, 2.24) is 4.72 Å². The first-order valence-corrected chi connectivity index (χ1v) is 14.0. The van der Waals surface area contributed by atoms with Crippen molar-refractivity contribution in [3.8, 4) is 22.8 Å². The average molecular weight is 558 g/mol. The Morgan fingerprint density at radius 1 is 0.875 bits per heavy atom. The first-order valence-electron chi connectivity index (χ1n) is 12.5. The molecule has 5 aromatic rings. The largest absolute Gasteiger partial charge is 0.493 e. The van der Waals surface area contributed by atoms with Crippen molar-refractivity contribution in [2.75, 3.05) is 6.61 Å². The maximum atomic E-state index is 13.3. The molecular formula is C30H23NO8S. The summed E-state index contributed by atoms with van der Waals surface area (Å²) in [5.41, 5.74) is 0.650. The molecule has 202 valence electrons. The summed E-state index contributed by atoms with van der Waals surface area (Å²) in [6, 6.07) is 22.8. The molecule has 0 amide bonds. The first kappa shape index (κ1) is 25.6. The SMILES string of the molecule is CCOc1cccc2oc(=O)cc(Cc3cc4c(oc3=O)-c3ccccc3OC4NS(=O)(=O)c3ccccc3)c12. The summed E-state index contributed by atoms with van der Waals surface area (Å²) in [4.78, 5) is 25.7. The molecule has 0 bridgehead atoms. The number of hydrogen-bond donors (Lipinski definition) is 1. The molecule has 0 aliphatic carbocycles. The molecule has 2 aromatic heterocycles. The van der Waals surface area contributed by atoms with Crippen LogP contribution in [0.4, 0.5) is 0 Å². The van der Waals surface area contributed by atoms with Crippen LogP contribution in [-0.4, -0.2) is 15.0 Å². The van der Waals surface area contributed by atoms with Crippen LogP contribution in [0.2, 0.25) is 0 Å². The zero-order valence-electron chi connectivity index (χ0n) is 21.2. The third-order valence-corrected chi connectivity index (χ3v) is 7.93. The van der Waals surface area contributed by atoms with E-state index in [1.807, 2.05) is 6.92 Å². The number of rotatable bonds is 7. The van der Waals surface area contributed by atoms with Crippen molar-refractivity contribution >= 4 is 21.0 Å². The molecule has 6 rings (SSSR count). The van der Waals surface area contributed by atoms with Gasteiger partial charge in [-0.3, -0.25) is 0 Å². The Kier molecular flexibility index (Phi) is 6.49. The zero-order chi connectivity index (χ0) is 27.9. The first-order chi connectivity index (χ1) is 19.3. The van der Waals surface area contributed by atoms with Crippen LogP contribution in [0, 0.1) is 0 Å². The fourth-order valence-electron chi connectivity index (χ4n) is 4.79. The smallest absolute Gasteiger partial charge is 0.339 e. The van der Waals surface area contributed by atoms with Crippen molar-refractivity contribution in [3.05, 3.63) is 122 Å². The molecule has 1 atom stereocenters. The summed E-state index contributed by atoms with van der Waals surface area (Å²) in [5, 5.41) is 0.559. The molecule has 0 radical (unpaired) electrons. The van der Waals surface area contributed by atoms with Crippen LogP contribution in [0.3, 0.4) is 0 Å². The van der Waals surface area contributed by atoms with E-state index in [0.717, 1.165) is 0 Å². The van der Waals surface area contributed by atoms with Gasteiger partial charge in [-0.2, -0.15) is 4.72 Å². The van der Waals surface area contributed by atoms with Crippen molar-refractivity contribution in [3.63, 3.8) is 0 Å². The van der Waals surface area contributed by atoms with Gasteiger partial charge in [0.25, 0.3) is 0 Å². The molecule has 3 heterocycles. The van der Waals surface area contributed by atoms with Crippen molar-refractivity contribution in [2.45, 2.75) is 24.5 Å². The monoisotopic (exact) mass is 557 g/mol. The fourth-order valence-corrected chi connectivity index (χ4v) is 5.89. The van der Waals surface area contributed by atoms with E-state index >= 15 is 0 Å². The number of nitrogens with one attached hydrogen (secondary N) is 1. The molecule has 40 heavy (non-hydrogen) atoms. The van der Waals surface area contributed by atoms with Gasteiger partial charge in [0.15, 0.2) is 12.0 Å². The van der Waals surface area contributed by atoms with Crippen LogP contribution in [0.25, 0.3) is 22.3 Å². The fraction of sp³-hybridized carbons (Fsp3) is 0.133. The van der Waals surface area contributed by atoms with Crippen molar-refractivity contribution in [1.29, 1.82) is 0 Å². The second-order valence-electron chi connectivity index (χ2n) is 9.10. The van der Waals surface area contributed by atoms with Crippen LogP contribution in [0.5, 0.6) is 11.5 Å². The van der Waals surface area contributed by atoms with Gasteiger partial charge in [-0.25, -0.2) is 18.0 Å². The minimum absolute atomic E-state index is 0.00159. The summed E-state index contributed by atoms with van der Waals surface area (Å²) in [6.07, 6.45) is -1.18. The Balaban J connectivity index is 1.48. The quantitative estimate of drug-likeness (QED) is 0.284. The van der Waals surface area contributed by atoms with Crippen LogP contribution in [-0.2, 0) is 16.4 Å². The molecule has 9 nitrogen and oxygen atoms in total. The summed E-state index contributed by atoms with van der Waals surface area (Å²) in [6.45, 7) is 2.23. The van der Waals surface area contributed by atoms with Crippen LogP contribution >= 0.6 is 0 Å². The Labute approximate surface area is 228 Å². The van der Waals surface area contributed by atoms with Gasteiger partial charge in [0.2, 0.25) is 10.0 Å². The lowest BCUT2D eigenvalue weighted by Crippen LogP contribution is -2.34. The highest BCUT2D eigenvalue weighted by atomic mass is 32.2. The zero-order valence-corrected chi connectivity index (χ0v) is 22.1. The predicted octanol–water partition coefficient (Wildman–Crippen LogP) is 4.77. The van der Waals surface area contributed by atoms with Gasteiger partial charge in [-0.1, -0.05) is 36.4 Å². The van der Waals surface area contributed by atoms with Gasteiger partial charge < -0.3 is 18.3 Å². The van der Waals surface area contributed by atoms with Crippen LogP contribution in [0.15, 0.2) is 108 Å². The van der Waals surface area contributed by atoms with Crippen LogP contribution < -0.4 is 25.4 Å². The minimum atomic E-state index is -4.00. The summed E-state index contributed by atoms with van der Waals surface area (Å²) < 4.78 is 52.0. The topological polar surface area (TPSA) is 125 Å². The Morgan fingerprint density at radius 2 is 1.65 bits per heavy atom. The number of fused-ring (bicyclic) bond motifs is 4. The normalized spacial score (nSPS) is 14.3. The Hall–Kier alpha value is -4.67. The van der Waals surface area contributed by atoms with Crippen molar-refractivity contribution in [2.24, 2.45) is 0 Å². The van der Waals surface area contributed by atoms with Crippen molar-refractivity contribution < 1.29 is 26.7 Å². The van der Waals surface area contributed by atoms with Gasteiger partial charge >= 0.3 is 11.3 Å². The van der Waals surface area contributed by atoms with E-state index < -0.39 is 27.5 Å². The van der Waals surface area contributed by atoms with E-state index in [-0.39, 0.29) is 22.6 Å². The van der Waals surface area contributed by atoms with E-state index in [9.17, 15) is 18.0 Å². The Bertz CT molecular complexity index is 1960. The van der Waals surface area contributed by atoms with E-state index in [1.54, 1.807) is 66.7 Å². The number of ether oxygens (including phenoxy) is 2. The average Bonchev–Trinajstić information content (AvgIpc) is 2.94. The molecule has 1 aliphatic heterocycles. The highest BCUT2D eigenvalue weighted by molar-refractivity contribution is 7.89. The molecule has 1 N–H and O–H groups in total. The number of para-hydroxylation sites is 1. The van der Waals surface area contributed by atoms with Gasteiger partial charge in [0.05, 0.1) is 28.0 Å². The highest BCUT2D eigenvalue weighted by Gasteiger charge is 2.33. The molecule has 0 fully saturated rings. The van der Waals surface area contributed by atoms with E-state index in [1.165, 1.54) is 18.2 Å². The van der Waals surface area contributed by atoms with E-state index in [4.69, 9.17) is 18.3 Å². The summed E-state index contributed by atoms with van der Waals surface area (Å²) in [5.74, 6) is 1.07. The molecule has 0 saturated heterocycles. The predicted molar refractivity (Wildman–Crippen MR) is 147 cm³/mol. The molecule has 10 heteroatoms. The minimum Gasteiger partial charge on any atom is -0.493 e. The second kappa shape index (κ2) is 10.1. The molecule has 3 aromatic carbocycles. The van der Waals surface area contributed by atoms with E-state index in [0.29, 0.717) is 45.8 Å². The molecule has 0 spiro atoms. The van der Waals surface area contributed by atoms with Gasteiger partial charge in [-0.15, -0.1) is 0 Å². The summed E-state index contributed by atoms with van der Waals surface area (Å²) >= 11 is 0. The standard InChI is InChI=1S/C30H23NO8S/c1-2-36-24-13-8-14-25-27(24)18(17-26(32)37-25)15-19-16-22-28(39-30(19)33)21-11-6-7-12-23(21)38-29(22)31-40(34,35)20-9-4-3-5-10-20/h3-14,16-17,29,31H,2,15H2,1H3. The van der Waals surface area contributed by atoms with Gasteiger partial charge in [0, 0.05) is 18.1 Å². The number of sulfonamides is 1. The third kappa shape index (κ3) is 4.67. The number of benzene rings is 3. The number of hydrogen-bond acceptors (Lipinski definition) is 8. The van der Waals surface area contributed by atoms with Gasteiger partial charge in [0.1, 0.15) is 17.1 Å². The molecular weight excluding hydrogens is 534 g/mol. The molecule has 1 aliphatic rings. The molecule has 0 saturated carbocycles. The maximum absolute atomic E-state index is 13.3. The summed E-state index contributed by atoms with van der Waals surface area (Å²) in [7, 11) is -4.00.